The number of hydrogen-bond donors (Lipinski definition) is 2. The first-order valence-electron chi connectivity index (χ1n) is 9.83. The topological polar surface area (TPSA) is 114 Å². The molecule has 34 heavy (non-hydrogen) atoms. The van der Waals surface area contributed by atoms with Crippen LogP contribution < -0.4 is 10.1 Å². The predicted octanol–water partition coefficient (Wildman–Crippen LogP) is 5.02. The number of H-pyrrole nitrogens is 1. The van der Waals surface area contributed by atoms with Crippen molar-refractivity contribution in [3.05, 3.63) is 84.8 Å². The normalized spacial score (nSPS) is 10.8. The monoisotopic (exact) mass is 476 g/mol. The molecular formula is C22H14F2N8OS. The summed E-state index contributed by atoms with van der Waals surface area (Å²) in [5, 5.41) is 17.4. The number of nitrogens with zero attached hydrogens (tertiary/aromatic N) is 6. The van der Waals surface area contributed by atoms with Gasteiger partial charge in [0.2, 0.25) is 0 Å². The van der Waals surface area contributed by atoms with Gasteiger partial charge in [0.1, 0.15) is 16.6 Å². The second-order valence-corrected chi connectivity index (χ2v) is 7.87. The zero-order valence-corrected chi connectivity index (χ0v) is 18.0. The van der Waals surface area contributed by atoms with Crippen molar-refractivity contribution in [3.63, 3.8) is 0 Å². The van der Waals surface area contributed by atoms with Gasteiger partial charge in [-0.1, -0.05) is 17.8 Å². The molecule has 0 aliphatic rings. The van der Waals surface area contributed by atoms with Crippen LogP contribution in [0.1, 0.15) is 0 Å². The number of nitrogens with one attached hydrogen (secondary N) is 2. The highest BCUT2D eigenvalue weighted by atomic mass is 32.2. The summed E-state index contributed by atoms with van der Waals surface area (Å²) in [6.07, 6.45) is 4.93. The van der Waals surface area contributed by atoms with E-state index in [1.54, 1.807) is 36.8 Å². The number of hydrogen-bond acceptors (Lipinski definition) is 9. The Morgan fingerprint density at radius 2 is 1.85 bits per heavy atom. The summed E-state index contributed by atoms with van der Waals surface area (Å²) in [6, 6.07) is 14.1. The van der Waals surface area contributed by atoms with Gasteiger partial charge in [0.05, 0.1) is 0 Å². The van der Waals surface area contributed by atoms with Crippen molar-refractivity contribution in [1.82, 2.24) is 35.6 Å². The van der Waals surface area contributed by atoms with Gasteiger partial charge in [0.15, 0.2) is 29.0 Å². The van der Waals surface area contributed by atoms with Gasteiger partial charge in [-0.15, -0.1) is 5.10 Å². The number of rotatable bonds is 7. The molecule has 0 bridgehead atoms. The Morgan fingerprint density at radius 1 is 0.912 bits per heavy atom. The Balaban J connectivity index is 1.44. The lowest BCUT2D eigenvalue weighted by Gasteiger charge is -2.13. The molecule has 0 spiro atoms. The summed E-state index contributed by atoms with van der Waals surface area (Å²) in [4.78, 5) is 13.8. The van der Waals surface area contributed by atoms with E-state index in [1.165, 1.54) is 17.8 Å². The molecule has 4 aromatic heterocycles. The maximum absolute atomic E-state index is 13.7. The standard InChI is InChI=1S/C22H14F2N8OS/c23-16-6-5-14(9-17(16)24)33-18-10-15(34-20-3-1-2-8-25-20)12-27-22(18)28-19-7-4-13(11-26-19)21-29-31-32-30-21/h1-12H,(H,26,27,28)(H,29,30,31,32). The smallest absolute Gasteiger partial charge is 0.180 e. The second kappa shape index (κ2) is 9.58. The van der Waals surface area contributed by atoms with E-state index < -0.39 is 11.6 Å². The fraction of sp³-hybridized carbons (Fsp3) is 0. The SMILES string of the molecule is Fc1ccc(Oc2cc(Sc3ccccn3)cnc2Nc2ccc(-c3nnn[nH]3)cn2)cc1F. The molecule has 0 fully saturated rings. The van der Waals surface area contributed by atoms with Gasteiger partial charge >= 0.3 is 0 Å². The first kappa shape index (κ1) is 21.4. The lowest BCUT2D eigenvalue weighted by atomic mass is 10.2. The van der Waals surface area contributed by atoms with Crippen LogP contribution in [0.5, 0.6) is 11.5 Å². The largest absolute Gasteiger partial charge is 0.453 e. The van der Waals surface area contributed by atoms with Gasteiger partial charge in [0.25, 0.3) is 0 Å². The fourth-order valence-corrected chi connectivity index (χ4v) is 3.63. The molecule has 12 heteroatoms. The van der Waals surface area contributed by atoms with Crippen LogP contribution in [0, 0.1) is 11.6 Å². The summed E-state index contributed by atoms with van der Waals surface area (Å²) in [5.41, 5.74) is 0.698. The lowest BCUT2D eigenvalue weighted by molar-refractivity contribution is 0.460. The minimum Gasteiger partial charge on any atom is -0.453 e. The molecule has 0 amide bonds. The molecule has 5 aromatic rings. The summed E-state index contributed by atoms with van der Waals surface area (Å²) in [6.45, 7) is 0. The summed E-state index contributed by atoms with van der Waals surface area (Å²) < 4.78 is 32.9. The number of aromatic nitrogens is 7. The van der Waals surface area contributed by atoms with Crippen LogP contribution in [0.25, 0.3) is 11.4 Å². The third-order valence-electron chi connectivity index (χ3n) is 4.44. The van der Waals surface area contributed by atoms with Crippen molar-refractivity contribution in [2.75, 3.05) is 5.32 Å². The maximum Gasteiger partial charge on any atom is 0.180 e. The third-order valence-corrected chi connectivity index (χ3v) is 5.35. The molecule has 9 nitrogen and oxygen atoms in total. The van der Waals surface area contributed by atoms with Crippen LogP contribution in [0.2, 0.25) is 0 Å². The Labute approximate surface area is 195 Å². The zero-order chi connectivity index (χ0) is 23.3. The molecule has 168 valence electrons. The number of aromatic amines is 1. The molecule has 2 N–H and O–H groups in total. The number of pyridine rings is 3. The Morgan fingerprint density at radius 3 is 2.59 bits per heavy atom. The van der Waals surface area contributed by atoms with Crippen molar-refractivity contribution in [3.8, 4) is 22.9 Å². The van der Waals surface area contributed by atoms with Gasteiger partial charge in [-0.3, -0.25) is 0 Å². The summed E-state index contributed by atoms with van der Waals surface area (Å²) in [7, 11) is 0. The Bertz CT molecular complexity index is 1400. The van der Waals surface area contributed by atoms with E-state index in [9.17, 15) is 8.78 Å². The average molecular weight is 476 g/mol. The molecule has 4 heterocycles. The number of ether oxygens (including phenoxy) is 1. The van der Waals surface area contributed by atoms with Crippen molar-refractivity contribution in [2.45, 2.75) is 9.92 Å². The fourth-order valence-electron chi connectivity index (χ4n) is 2.86. The number of anilines is 2. The Hall–Kier alpha value is -4.45. The second-order valence-electron chi connectivity index (χ2n) is 6.77. The molecule has 0 aliphatic heterocycles. The van der Waals surface area contributed by atoms with E-state index in [0.717, 1.165) is 22.1 Å². The summed E-state index contributed by atoms with van der Waals surface area (Å²) in [5.74, 6) is -0.286. The molecule has 0 aliphatic carbocycles. The van der Waals surface area contributed by atoms with Crippen LogP contribution in [-0.4, -0.2) is 35.6 Å². The molecular weight excluding hydrogens is 462 g/mol. The molecule has 5 rings (SSSR count). The molecule has 0 radical (unpaired) electrons. The lowest BCUT2D eigenvalue weighted by Crippen LogP contribution is -2.00. The van der Waals surface area contributed by atoms with Gasteiger partial charge in [-0.25, -0.2) is 28.8 Å². The molecule has 0 saturated heterocycles. The van der Waals surface area contributed by atoms with Crippen LogP contribution in [-0.2, 0) is 0 Å². The van der Waals surface area contributed by atoms with Crippen molar-refractivity contribution >= 4 is 23.4 Å². The highest BCUT2D eigenvalue weighted by molar-refractivity contribution is 7.99. The highest BCUT2D eigenvalue weighted by Crippen LogP contribution is 2.35. The quantitative estimate of drug-likeness (QED) is 0.334. The van der Waals surface area contributed by atoms with E-state index in [4.69, 9.17) is 4.74 Å². The molecule has 0 saturated carbocycles. The zero-order valence-electron chi connectivity index (χ0n) is 17.2. The van der Waals surface area contributed by atoms with E-state index >= 15 is 0 Å². The van der Waals surface area contributed by atoms with Crippen molar-refractivity contribution in [1.29, 1.82) is 0 Å². The van der Waals surface area contributed by atoms with Gasteiger partial charge in [-0.2, -0.15) is 0 Å². The van der Waals surface area contributed by atoms with Gasteiger partial charge < -0.3 is 10.1 Å². The Kier molecular flexibility index (Phi) is 6.03. The minimum absolute atomic E-state index is 0.116. The van der Waals surface area contributed by atoms with Crippen LogP contribution in [0.3, 0.4) is 0 Å². The van der Waals surface area contributed by atoms with E-state index in [1.807, 2.05) is 18.2 Å². The third kappa shape index (κ3) is 4.96. The van der Waals surface area contributed by atoms with E-state index in [-0.39, 0.29) is 11.5 Å². The average Bonchev–Trinajstić information content (AvgIpc) is 3.39. The van der Waals surface area contributed by atoms with Crippen molar-refractivity contribution < 1.29 is 13.5 Å². The van der Waals surface area contributed by atoms with E-state index in [2.05, 4.69) is 40.9 Å². The number of benzene rings is 1. The van der Waals surface area contributed by atoms with Crippen LogP contribution >= 0.6 is 11.8 Å². The molecule has 1 aromatic carbocycles. The molecule has 0 unspecified atom stereocenters. The molecule has 0 atom stereocenters. The maximum atomic E-state index is 13.7. The van der Waals surface area contributed by atoms with E-state index in [0.29, 0.717) is 23.0 Å². The highest BCUT2D eigenvalue weighted by Gasteiger charge is 2.13. The predicted molar refractivity (Wildman–Crippen MR) is 120 cm³/mol. The van der Waals surface area contributed by atoms with Gasteiger partial charge in [-0.05, 0) is 46.8 Å². The van der Waals surface area contributed by atoms with Crippen LogP contribution in [0.15, 0.2) is 83.1 Å². The van der Waals surface area contributed by atoms with Crippen molar-refractivity contribution in [2.24, 2.45) is 0 Å². The van der Waals surface area contributed by atoms with Crippen LogP contribution in [0.4, 0.5) is 20.4 Å². The number of tetrazole rings is 1. The minimum atomic E-state index is -1.02. The first-order chi connectivity index (χ1) is 16.6. The summed E-state index contributed by atoms with van der Waals surface area (Å²) >= 11 is 1.38. The van der Waals surface area contributed by atoms with Gasteiger partial charge in [0, 0.05) is 41.2 Å². The number of halogens is 2. The first-order valence-corrected chi connectivity index (χ1v) is 10.6.